The summed E-state index contributed by atoms with van der Waals surface area (Å²) in [6.45, 7) is 0. The Balaban J connectivity index is 2.97. The lowest BCUT2D eigenvalue weighted by molar-refractivity contribution is 0.425. The van der Waals surface area contributed by atoms with Crippen molar-refractivity contribution in [2.45, 2.75) is 0 Å². The molecule has 3 nitrogen and oxygen atoms in total. The number of rotatable bonds is 1. The van der Waals surface area contributed by atoms with Crippen molar-refractivity contribution in [3.63, 3.8) is 0 Å². The Labute approximate surface area is 92.7 Å². The van der Waals surface area contributed by atoms with Crippen molar-refractivity contribution in [3.05, 3.63) is 29.6 Å². The normalized spacial score (nSPS) is 9.20. The molecule has 0 spiro atoms. The van der Waals surface area contributed by atoms with E-state index in [2.05, 4.69) is 0 Å². The van der Waals surface area contributed by atoms with E-state index < -0.39 is 5.82 Å². The molecule has 1 rings (SSSR count). The molecule has 0 aromatic heterocycles. The number of hydrogen-bond acceptors (Lipinski definition) is 3. The monoisotopic (exact) mass is 224 g/mol. The molecule has 1 aromatic rings. The predicted octanol–water partition coefficient (Wildman–Crippen LogP) is 1.92. The molecule has 0 N–H and O–H groups in total. The molecule has 0 saturated carbocycles. The first kappa shape index (κ1) is 11.4. The summed E-state index contributed by atoms with van der Waals surface area (Å²) in [4.78, 5) is 1.54. The molecule has 0 atom stereocenters. The first-order chi connectivity index (χ1) is 7.06. The molecule has 15 heavy (non-hydrogen) atoms. The minimum absolute atomic E-state index is 0.0345. The Morgan fingerprint density at radius 2 is 2.20 bits per heavy atom. The molecule has 0 saturated heterocycles. The van der Waals surface area contributed by atoms with E-state index in [-0.39, 0.29) is 16.5 Å². The van der Waals surface area contributed by atoms with Crippen LogP contribution in [0.1, 0.15) is 5.56 Å². The number of benzene rings is 1. The summed E-state index contributed by atoms with van der Waals surface area (Å²) in [6, 6.07) is 6.06. The Morgan fingerprint density at radius 3 is 2.73 bits per heavy atom. The van der Waals surface area contributed by atoms with Gasteiger partial charge in [0.15, 0.2) is 11.6 Å². The number of thiocarbonyl (C=S) groups is 1. The zero-order chi connectivity index (χ0) is 11.4. The Hall–Kier alpha value is -1.67. The zero-order valence-electron chi connectivity index (χ0n) is 8.32. The van der Waals surface area contributed by atoms with E-state index in [0.717, 1.165) is 0 Å². The van der Waals surface area contributed by atoms with Crippen LogP contribution in [0.15, 0.2) is 18.2 Å². The molecule has 0 heterocycles. The lowest BCUT2D eigenvalue weighted by atomic mass is 10.2. The Kier molecular flexibility index (Phi) is 3.58. The predicted molar refractivity (Wildman–Crippen MR) is 58.0 cm³/mol. The van der Waals surface area contributed by atoms with E-state index in [9.17, 15) is 4.39 Å². The lowest BCUT2D eigenvalue weighted by Crippen LogP contribution is -2.25. The third-order valence-corrected chi connectivity index (χ3v) is 2.09. The lowest BCUT2D eigenvalue weighted by Gasteiger charge is -2.14. The van der Waals surface area contributed by atoms with Crippen molar-refractivity contribution in [1.82, 2.24) is 4.90 Å². The second-order valence-corrected chi connectivity index (χ2v) is 3.34. The second kappa shape index (κ2) is 4.71. The molecular weight excluding hydrogens is 215 g/mol. The summed E-state index contributed by atoms with van der Waals surface area (Å²) in [5.41, 5.74) is -0.0611. The molecule has 5 heteroatoms. The molecule has 78 valence electrons. The highest BCUT2D eigenvalue weighted by molar-refractivity contribution is 7.80. The van der Waals surface area contributed by atoms with Gasteiger partial charge in [-0.15, -0.1) is 0 Å². The summed E-state index contributed by atoms with van der Waals surface area (Å²) in [5.74, 6) is -0.725. The Morgan fingerprint density at radius 1 is 1.53 bits per heavy atom. The minimum Gasteiger partial charge on any atom is -0.429 e. The van der Waals surface area contributed by atoms with Gasteiger partial charge in [0.2, 0.25) is 0 Å². The van der Waals surface area contributed by atoms with Gasteiger partial charge in [0.05, 0.1) is 5.56 Å². The molecular formula is C10H9FN2OS. The van der Waals surface area contributed by atoms with Crippen LogP contribution in [0.5, 0.6) is 5.75 Å². The summed E-state index contributed by atoms with van der Waals surface area (Å²) in [7, 11) is 3.38. The fourth-order valence-electron chi connectivity index (χ4n) is 0.861. The largest absolute Gasteiger partial charge is 0.429 e. The van der Waals surface area contributed by atoms with Gasteiger partial charge in [-0.3, -0.25) is 0 Å². The fourth-order valence-corrected chi connectivity index (χ4v) is 0.951. The van der Waals surface area contributed by atoms with E-state index in [1.807, 2.05) is 0 Å². The molecule has 0 amide bonds. The van der Waals surface area contributed by atoms with Crippen molar-refractivity contribution >= 4 is 17.4 Å². The van der Waals surface area contributed by atoms with Crippen LogP contribution >= 0.6 is 12.2 Å². The van der Waals surface area contributed by atoms with Crippen LogP contribution in [0, 0.1) is 17.1 Å². The van der Waals surface area contributed by atoms with Crippen molar-refractivity contribution in [3.8, 4) is 11.8 Å². The molecule has 0 aliphatic carbocycles. The topological polar surface area (TPSA) is 36.3 Å². The third-order valence-electron chi connectivity index (χ3n) is 1.65. The van der Waals surface area contributed by atoms with E-state index in [1.165, 1.54) is 23.1 Å². The van der Waals surface area contributed by atoms with Gasteiger partial charge in [0.1, 0.15) is 6.07 Å². The van der Waals surface area contributed by atoms with Gasteiger partial charge < -0.3 is 9.64 Å². The minimum atomic E-state index is -0.691. The maximum absolute atomic E-state index is 13.5. The standard InChI is InChI=1S/C10H9FN2OS/c1-13(2)10(15)14-8-5-3-4-7(6-12)9(8)11/h3-5H,1-2H3. The van der Waals surface area contributed by atoms with Crippen molar-refractivity contribution in [2.24, 2.45) is 0 Å². The van der Waals surface area contributed by atoms with Gasteiger partial charge >= 0.3 is 0 Å². The van der Waals surface area contributed by atoms with Crippen LogP contribution in [-0.2, 0) is 0 Å². The maximum atomic E-state index is 13.5. The van der Waals surface area contributed by atoms with Crippen LogP contribution in [0.4, 0.5) is 4.39 Å². The van der Waals surface area contributed by atoms with Crippen LogP contribution in [0.2, 0.25) is 0 Å². The molecule has 0 unspecified atom stereocenters. The highest BCUT2D eigenvalue weighted by atomic mass is 32.1. The summed E-state index contributed by atoms with van der Waals surface area (Å²) in [6.07, 6.45) is 0. The van der Waals surface area contributed by atoms with E-state index in [1.54, 1.807) is 20.2 Å². The van der Waals surface area contributed by atoms with E-state index in [4.69, 9.17) is 22.2 Å². The molecule has 1 aromatic carbocycles. The van der Waals surface area contributed by atoms with Crippen molar-refractivity contribution < 1.29 is 9.13 Å². The van der Waals surface area contributed by atoms with Gasteiger partial charge in [-0.05, 0) is 24.4 Å². The third kappa shape index (κ3) is 2.64. The number of nitriles is 1. The maximum Gasteiger partial charge on any atom is 0.264 e. The van der Waals surface area contributed by atoms with Crippen LogP contribution in [0.3, 0.4) is 0 Å². The van der Waals surface area contributed by atoms with Crippen LogP contribution in [0.25, 0.3) is 0 Å². The molecule has 0 bridgehead atoms. The highest BCUT2D eigenvalue weighted by Crippen LogP contribution is 2.20. The first-order valence-corrected chi connectivity index (χ1v) is 4.55. The van der Waals surface area contributed by atoms with Crippen molar-refractivity contribution in [1.29, 1.82) is 5.26 Å². The van der Waals surface area contributed by atoms with E-state index in [0.29, 0.717) is 0 Å². The zero-order valence-corrected chi connectivity index (χ0v) is 9.14. The van der Waals surface area contributed by atoms with Gasteiger partial charge in [-0.1, -0.05) is 6.07 Å². The number of hydrogen-bond donors (Lipinski definition) is 0. The molecule has 0 aliphatic rings. The SMILES string of the molecule is CN(C)C(=S)Oc1cccc(C#N)c1F. The van der Waals surface area contributed by atoms with Gasteiger partial charge in [-0.25, -0.2) is 4.39 Å². The molecule has 0 radical (unpaired) electrons. The average molecular weight is 224 g/mol. The quantitative estimate of drug-likeness (QED) is 0.683. The Bertz CT molecular complexity index is 426. The summed E-state index contributed by atoms with van der Waals surface area (Å²) in [5, 5.41) is 8.74. The fraction of sp³-hybridized carbons (Fsp3) is 0.200. The molecule has 0 fully saturated rings. The van der Waals surface area contributed by atoms with E-state index >= 15 is 0 Å². The summed E-state index contributed by atoms with van der Waals surface area (Å²) >= 11 is 4.85. The highest BCUT2D eigenvalue weighted by Gasteiger charge is 2.11. The number of halogens is 1. The van der Waals surface area contributed by atoms with Gasteiger partial charge in [0.25, 0.3) is 5.17 Å². The second-order valence-electron chi connectivity index (χ2n) is 2.99. The average Bonchev–Trinajstić information content (AvgIpc) is 2.21. The van der Waals surface area contributed by atoms with Crippen molar-refractivity contribution in [2.75, 3.05) is 14.1 Å². The van der Waals surface area contributed by atoms with Gasteiger partial charge in [-0.2, -0.15) is 5.26 Å². The number of nitrogens with zero attached hydrogens (tertiary/aromatic N) is 2. The first-order valence-electron chi connectivity index (χ1n) is 4.14. The summed E-state index contributed by atoms with van der Waals surface area (Å²) < 4.78 is 18.6. The van der Waals surface area contributed by atoms with Crippen LogP contribution < -0.4 is 4.74 Å². The number of ether oxygens (including phenoxy) is 1. The smallest absolute Gasteiger partial charge is 0.264 e. The molecule has 0 aliphatic heterocycles. The van der Waals surface area contributed by atoms with Gasteiger partial charge in [0, 0.05) is 14.1 Å². The van der Waals surface area contributed by atoms with Crippen LogP contribution in [-0.4, -0.2) is 24.2 Å².